The number of carbonyl (C=O) groups excluding carboxylic acids is 2. The molecule has 1 aliphatic heterocycles. The van der Waals surface area contributed by atoms with Crippen LogP contribution in [0.1, 0.15) is 65.6 Å². The molecule has 0 aromatic carbocycles. The molecule has 3 rings (SSSR count). The maximum atomic E-state index is 13.0. The van der Waals surface area contributed by atoms with E-state index in [4.69, 9.17) is 4.74 Å². The second kappa shape index (κ2) is 10.1. The topological polar surface area (TPSA) is 100 Å². The predicted octanol–water partition coefficient (Wildman–Crippen LogP) is 1.83. The highest BCUT2D eigenvalue weighted by Gasteiger charge is 2.35. The fraction of sp³-hybridized carbons (Fsp3) is 0.667. The van der Waals surface area contributed by atoms with Crippen molar-refractivity contribution in [2.24, 2.45) is 0 Å². The first-order valence-corrected chi connectivity index (χ1v) is 12.3. The van der Waals surface area contributed by atoms with E-state index in [0.29, 0.717) is 24.3 Å². The van der Waals surface area contributed by atoms with Gasteiger partial charge in [-0.05, 0) is 38.8 Å². The highest BCUT2D eigenvalue weighted by molar-refractivity contribution is 7.86. The number of piperazine rings is 1. The number of ether oxygens (including phenoxy) is 1. The fourth-order valence-corrected chi connectivity index (χ4v) is 5.78. The van der Waals surface area contributed by atoms with E-state index >= 15 is 0 Å². The van der Waals surface area contributed by atoms with Crippen LogP contribution in [0.15, 0.2) is 12.1 Å². The summed E-state index contributed by atoms with van der Waals surface area (Å²) in [5, 5.41) is 0. The van der Waals surface area contributed by atoms with Crippen LogP contribution in [0.25, 0.3) is 0 Å². The second-order valence-electron chi connectivity index (χ2n) is 8.06. The monoisotopic (exact) mass is 452 g/mol. The van der Waals surface area contributed by atoms with Crippen LogP contribution in [0.2, 0.25) is 0 Å². The van der Waals surface area contributed by atoms with Crippen molar-refractivity contribution in [2.75, 3.05) is 39.8 Å². The van der Waals surface area contributed by atoms with Crippen molar-refractivity contribution in [3.8, 4) is 0 Å². The molecule has 0 spiro atoms. The van der Waals surface area contributed by atoms with Crippen LogP contribution in [0.4, 0.5) is 0 Å². The van der Waals surface area contributed by atoms with Crippen LogP contribution in [0.5, 0.6) is 0 Å². The first-order chi connectivity index (χ1) is 14.8. The van der Waals surface area contributed by atoms with E-state index in [2.05, 4.69) is 4.98 Å². The number of esters is 1. The average Bonchev–Trinajstić information content (AvgIpc) is 2.78. The summed E-state index contributed by atoms with van der Waals surface area (Å²) in [5.74, 6) is -0.733. The average molecular weight is 453 g/mol. The molecule has 2 fully saturated rings. The molecule has 0 N–H and O–H groups in total. The summed E-state index contributed by atoms with van der Waals surface area (Å²) >= 11 is 0. The molecule has 0 unspecified atom stereocenters. The van der Waals surface area contributed by atoms with Gasteiger partial charge in [-0.25, -0.2) is 9.78 Å². The van der Waals surface area contributed by atoms with E-state index in [-0.39, 0.29) is 37.3 Å². The molecule has 2 aliphatic rings. The molecule has 1 saturated carbocycles. The summed E-state index contributed by atoms with van der Waals surface area (Å²) in [5.41, 5.74) is 1.00. The van der Waals surface area contributed by atoms with Crippen LogP contribution in [-0.4, -0.2) is 84.7 Å². The van der Waals surface area contributed by atoms with Gasteiger partial charge in [0.2, 0.25) is 0 Å². The van der Waals surface area contributed by atoms with E-state index < -0.39 is 16.2 Å². The van der Waals surface area contributed by atoms with Gasteiger partial charge in [0.15, 0.2) is 0 Å². The molecular formula is C21H32N4O5S. The molecule has 9 nitrogen and oxygen atoms in total. The summed E-state index contributed by atoms with van der Waals surface area (Å²) in [7, 11) is -1.87. The SMILES string of the molecule is CCOC(=O)c1ccc(C(=O)N2CCN(S(=O)(=O)N(C)C3CCCCC3)CC2)nc1C. The Morgan fingerprint density at radius 1 is 1.13 bits per heavy atom. The number of rotatable bonds is 6. The number of aromatic nitrogens is 1. The molecule has 1 aliphatic carbocycles. The molecule has 1 aromatic rings. The van der Waals surface area contributed by atoms with E-state index in [1.165, 1.54) is 21.1 Å². The third-order valence-corrected chi connectivity index (χ3v) is 8.15. The lowest BCUT2D eigenvalue weighted by Gasteiger charge is -2.38. The minimum Gasteiger partial charge on any atom is -0.462 e. The summed E-state index contributed by atoms with van der Waals surface area (Å²) in [6.07, 6.45) is 5.10. The van der Waals surface area contributed by atoms with Crippen molar-refractivity contribution in [1.29, 1.82) is 0 Å². The summed E-state index contributed by atoms with van der Waals surface area (Å²) in [6, 6.07) is 3.12. The van der Waals surface area contributed by atoms with Crippen molar-refractivity contribution >= 4 is 22.1 Å². The van der Waals surface area contributed by atoms with Crippen molar-refractivity contribution in [1.82, 2.24) is 18.5 Å². The molecule has 31 heavy (non-hydrogen) atoms. The van der Waals surface area contributed by atoms with Gasteiger partial charge in [-0.15, -0.1) is 0 Å². The number of hydrogen-bond donors (Lipinski definition) is 0. The molecule has 1 aromatic heterocycles. The van der Waals surface area contributed by atoms with E-state index in [1.807, 2.05) is 0 Å². The number of carbonyl (C=O) groups is 2. The second-order valence-corrected chi connectivity index (χ2v) is 10.0. The van der Waals surface area contributed by atoms with Crippen molar-refractivity contribution < 1.29 is 22.7 Å². The molecular weight excluding hydrogens is 420 g/mol. The summed E-state index contributed by atoms with van der Waals surface area (Å²) in [4.78, 5) is 30.7. The van der Waals surface area contributed by atoms with Gasteiger partial charge in [-0.3, -0.25) is 4.79 Å². The van der Waals surface area contributed by atoms with Gasteiger partial charge in [0, 0.05) is 39.3 Å². The lowest BCUT2D eigenvalue weighted by molar-refractivity contribution is 0.0523. The third kappa shape index (κ3) is 5.24. The van der Waals surface area contributed by atoms with Crippen LogP contribution >= 0.6 is 0 Å². The molecule has 1 saturated heterocycles. The zero-order valence-electron chi connectivity index (χ0n) is 18.5. The van der Waals surface area contributed by atoms with Crippen molar-refractivity contribution in [2.45, 2.75) is 52.0 Å². The Hall–Kier alpha value is -2.04. The van der Waals surface area contributed by atoms with Gasteiger partial charge in [0.1, 0.15) is 5.69 Å². The van der Waals surface area contributed by atoms with Crippen molar-refractivity contribution in [3.63, 3.8) is 0 Å². The van der Waals surface area contributed by atoms with Gasteiger partial charge in [0.05, 0.1) is 17.9 Å². The van der Waals surface area contributed by atoms with Gasteiger partial charge in [0.25, 0.3) is 16.1 Å². The smallest absolute Gasteiger partial charge is 0.339 e. The number of nitrogens with zero attached hydrogens (tertiary/aromatic N) is 4. The number of amides is 1. The lowest BCUT2D eigenvalue weighted by Crippen LogP contribution is -2.55. The van der Waals surface area contributed by atoms with Gasteiger partial charge >= 0.3 is 5.97 Å². The number of hydrogen-bond acceptors (Lipinski definition) is 6. The molecule has 10 heteroatoms. The predicted molar refractivity (Wildman–Crippen MR) is 116 cm³/mol. The largest absolute Gasteiger partial charge is 0.462 e. The van der Waals surface area contributed by atoms with Crippen molar-refractivity contribution in [3.05, 3.63) is 29.1 Å². The molecule has 0 atom stereocenters. The van der Waals surface area contributed by atoms with Crippen LogP contribution in [-0.2, 0) is 14.9 Å². The summed E-state index contributed by atoms with van der Waals surface area (Å²) < 4.78 is 34.0. The first-order valence-electron chi connectivity index (χ1n) is 10.9. The van der Waals surface area contributed by atoms with Gasteiger partial charge in [-0.2, -0.15) is 17.0 Å². The highest BCUT2D eigenvalue weighted by atomic mass is 32.2. The Labute approximate surface area is 184 Å². The Morgan fingerprint density at radius 2 is 1.77 bits per heavy atom. The Morgan fingerprint density at radius 3 is 2.35 bits per heavy atom. The first kappa shape index (κ1) is 23.6. The zero-order chi connectivity index (χ0) is 22.6. The normalized spacial score (nSPS) is 18.9. The maximum absolute atomic E-state index is 13.0. The number of pyridine rings is 1. The minimum absolute atomic E-state index is 0.0588. The summed E-state index contributed by atoms with van der Waals surface area (Å²) in [6.45, 7) is 4.77. The molecule has 0 radical (unpaired) electrons. The zero-order valence-corrected chi connectivity index (χ0v) is 19.4. The maximum Gasteiger partial charge on any atom is 0.339 e. The van der Waals surface area contributed by atoms with E-state index in [9.17, 15) is 18.0 Å². The van der Waals surface area contributed by atoms with Gasteiger partial charge < -0.3 is 9.64 Å². The minimum atomic E-state index is -3.54. The van der Waals surface area contributed by atoms with Crippen LogP contribution < -0.4 is 0 Å². The van der Waals surface area contributed by atoms with Crippen LogP contribution in [0, 0.1) is 6.92 Å². The van der Waals surface area contributed by atoms with E-state index in [0.717, 1.165) is 25.7 Å². The molecule has 0 bridgehead atoms. The Balaban J connectivity index is 1.62. The molecule has 172 valence electrons. The quantitative estimate of drug-likeness (QED) is 0.611. The Kier molecular flexibility index (Phi) is 7.66. The van der Waals surface area contributed by atoms with Crippen LogP contribution in [0.3, 0.4) is 0 Å². The molecule has 1 amide bonds. The highest BCUT2D eigenvalue weighted by Crippen LogP contribution is 2.25. The standard InChI is InChI=1S/C21H32N4O5S/c1-4-30-21(27)18-10-11-19(22-16(18)2)20(26)24-12-14-25(15-13-24)31(28,29)23(3)17-8-6-5-7-9-17/h10-11,17H,4-9,12-15H2,1-3H3. The fourth-order valence-electron chi connectivity index (χ4n) is 4.20. The molecule has 2 heterocycles. The third-order valence-electron chi connectivity index (χ3n) is 6.11. The lowest BCUT2D eigenvalue weighted by atomic mass is 9.96. The van der Waals surface area contributed by atoms with Gasteiger partial charge in [-0.1, -0.05) is 19.3 Å². The number of aryl methyl sites for hydroxylation is 1. The van der Waals surface area contributed by atoms with E-state index in [1.54, 1.807) is 31.9 Å². The Bertz CT molecular complexity index is 906.